The quantitative estimate of drug-likeness (QED) is 0.612. The maximum atomic E-state index is 13.2. The van der Waals surface area contributed by atoms with Crippen molar-refractivity contribution in [3.05, 3.63) is 95.6 Å². The zero-order valence-corrected chi connectivity index (χ0v) is 18.0. The first-order valence-electron chi connectivity index (χ1n) is 11.0. The zero-order chi connectivity index (χ0) is 22.2. The van der Waals surface area contributed by atoms with Gasteiger partial charge in [-0.05, 0) is 42.2 Å². The van der Waals surface area contributed by atoms with Crippen LogP contribution in [0.3, 0.4) is 0 Å². The first-order valence-corrected chi connectivity index (χ1v) is 11.0. The second-order valence-electron chi connectivity index (χ2n) is 7.95. The summed E-state index contributed by atoms with van der Waals surface area (Å²) in [7, 11) is 0. The van der Waals surface area contributed by atoms with Crippen LogP contribution >= 0.6 is 0 Å². The summed E-state index contributed by atoms with van der Waals surface area (Å²) < 4.78 is 6.05. The number of hydrogen-bond donors (Lipinski definition) is 1. The summed E-state index contributed by atoms with van der Waals surface area (Å²) >= 11 is 0. The Morgan fingerprint density at radius 2 is 1.72 bits per heavy atom. The first-order chi connectivity index (χ1) is 15.7. The van der Waals surface area contributed by atoms with Crippen LogP contribution in [0, 0.1) is 11.3 Å². The highest BCUT2D eigenvalue weighted by Gasteiger charge is 2.26. The molecule has 0 unspecified atom stereocenters. The molecular formula is C27H27N3O2. The van der Waals surface area contributed by atoms with Crippen LogP contribution in [0.2, 0.25) is 0 Å². The van der Waals surface area contributed by atoms with E-state index in [2.05, 4.69) is 23.5 Å². The van der Waals surface area contributed by atoms with Gasteiger partial charge in [-0.25, -0.2) is 0 Å². The smallest absolute Gasteiger partial charge is 0.223 e. The normalized spacial score (nSPS) is 15.7. The molecule has 0 aromatic heterocycles. The number of nitrogens with one attached hydrogen (secondary N) is 1. The number of rotatable bonds is 7. The highest BCUT2D eigenvalue weighted by atomic mass is 16.5. The van der Waals surface area contributed by atoms with Gasteiger partial charge in [-0.3, -0.25) is 4.79 Å². The fourth-order valence-corrected chi connectivity index (χ4v) is 4.12. The van der Waals surface area contributed by atoms with Crippen LogP contribution in [-0.2, 0) is 17.6 Å². The van der Waals surface area contributed by atoms with Crippen molar-refractivity contribution in [2.75, 3.05) is 19.6 Å². The van der Waals surface area contributed by atoms with Crippen LogP contribution in [-0.4, -0.2) is 36.5 Å². The van der Waals surface area contributed by atoms with E-state index in [0.29, 0.717) is 29.9 Å². The highest BCUT2D eigenvalue weighted by molar-refractivity contribution is 5.77. The zero-order valence-electron chi connectivity index (χ0n) is 18.0. The molecule has 0 spiro atoms. The van der Waals surface area contributed by atoms with Crippen molar-refractivity contribution in [2.24, 2.45) is 0 Å². The average Bonchev–Trinajstić information content (AvgIpc) is 2.84. The molecule has 1 N–H and O–H groups in total. The summed E-state index contributed by atoms with van der Waals surface area (Å²) in [4.78, 5) is 15.2. The van der Waals surface area contributed by atoms with E-state index in [0.717, 1.165) is 31.6 Å². The Bertz CT molecular complexity index is 1090. The van der Waals surface area contributed by atoms with Crippen LogP contribution in [0.1, 0.15) is 23.1 Å². The fraction of sp³-hybridized carbons (Fsp3) is 0.259. The van der Waals surface area contributed by atoms with Crippen LogP contribution in [0.15, 0.2) is 78.9 Å². The predicted octanol–water partition coefficient (Wildman–Crippen LogP) is 4.33. The van der Waals surface area contributed by atoms with Gasteiger partial charge in [-0.15, -0.1) is 0 Å². The maximum absolute atomic E-state index is 13.2. The van der Waals surface area contributed by atoms with Gasteiger partial charge in [0.15, 0.2) is 0 Å². The third-order valence-electron chi connectivity index (χ3n) is 5.79. The number of carbonyl (C=O) groups excluding carboxylic acids is 1. The van der Waals surface area contributed by atoms with E-state index < -0.39 is 0 Å². The molecule has 4 rings (SSSR count). The fourth-order valence-electron chi connectivity index (χ4n) is 4.12. The molecule has 162 valence electrons. The molecule has 1 amide bonds. The molecule has 1 aliphatic heterocycles. The molecule has 1 saturated heterocycles. The van der Waals surface area contributed by atoms with Crippen LogP contribution in [0.5, 0.6) is 11.5 Å². The average molecular weight is 426 g/mol. The van der Waals surface area contributed by atoms with Gasteiger partial charge in [-0.1, -0.05) is 60.7 Å². The largest absolute Gasteiger partial charge is 0.456 e. The lowest BCUT2D eigenvalue weighted by atomic mass is 10.0. The van der Waals surface area contributed by atoms with Crippen LogP contribution in [0.25, 0.3) is 0 Å². The lowest BCUT2D eigenvalue weighted by Gasteiger charge is -2.36. The molecule has 1 aliphatic rings. The van der Waals surface area contributed by atoms with Crippen molar-refractivity contribution < 1.29 is 9.53 Å². The number of amides is 1. The number of aryl methyl sites for hydroxylation is 1. The summed E-state index contributed by atoms with van der Waals surface area (Å²) in [6.45, 7) is 2.36. The van der Waals surface area contributed by atoms with Crippen LogP contribution in [0.4, 0.5) is 0 Å². The summed E-state index contributed by atoms with van der Waals surface area (Å²) in [5, 5.41) is 12.8. The molecule has 3 aromatic rings. The Labute approximate surface area is 189 Å². The van der Waals surface area contributed by atoms with Gasteiger partial charge in [0.1, 0.15) is 17.6 Å². The summed E-state index contributed by atoms with van der Waals surface area (Å²) in [6.07, 6.45) is 1.86. The number of para-hydroxylation sites is 2. The molecular weight excluding hydrogens is 398 g/mol. The number of carbonyl (C=O) groups is 1. The molecule has 1 atom stereocenters. The number of piperazine rings is 1. The molecule has 0 bridgehead atoms. The molecule has 0 saturated carbocycles. The second-order valence-corrected chi connectivity index (χ2v) is 7.95. The van der Waals surface area contributed by atoms with Crippen molar-refractivity contribution in [1.29, 1.82) is 5.26 Å². The number of hydrogen-bond acceptors (Lipinski definition) is 4. The van der Waals surface area contributed by atoms with E-state index in [4.69, 9.17) is 4.74 Å². The minimum Gasteiger partial charge on any atom is -0.456 e. The maximum Gasteiger partial charge on any atom is 0.223 e. The molecule has 1 heterocycles. The van der Waals surface area contributed by atoms with Crippen LogP contribution < -0.4 is 10.1 Å². The van der Waals surface area contributed by atoms with E-state index in [-0.39, 0.29) is 11.9 Å². The van der Waals surface area contributed by atoms with Gasteiger partial charge in [0, 0.05) is 32.1 Å². The lowest BCUT2D eigenvalue weighted by Crippen LogP contribution is -2.54. The summed E-state index contributed by atoms with van der Waals surface area (Å²) in [5.74, 6) is 1.38. The Morgan fingerprint density at radius 1 is 1.00 bits per heavy atom. The highest BCUT2D eigenvalue weighted by Crippen LogP contribution is 2.28. The Balaban J connectivity index is 1.43. The number of ether oxygens (including phenoxy) is 1. The van der Waals surface area contributed by atoms with E-state index in [1.807, 2.05) is 59.5 Å². The number of nitrogens with zero attached hydrogens (tertiary/aromatic N) is 2. The summed E-state index contributed by atoms with van der Waals surface area (Å²) in [5.41, 5.74) is 2.69. The number of benzene rings is 3. The third-order valence-corrected chi connectivity index (χ3v) is 5.79. The molecule has 1 fully saturated rings. The van der Waals surface area contributed by atoms with Crippen molar-refractivity contribution in [2.45, 2.75) is 25.3 Å². The Morgan fingerprint density at radius 3 is 2.53 bits per heavy atom. The molecule has 5 heteroatoms. The van der Waals surface area contributed by atoms with Crippen molar-refractivity contribution >= 4 is 5.91 Å². The van der Waals surface area contributed by atoms with Gasteiger partial charge in [0.05, 0.1) is 5.56 Å². The SMILES string of the molecule is N#Cc1ccccc1Oc1ccccc1CCC(=O)N1CCNC[C@H]1Cc1ccccc1. The van der Waals surface area contributed by atoms with Gasteiger partial charge in [0.25, 0.3) is 0 Å². The van der Waals surface area contributed by atoms with E-state index >= 15 is 0 Å². The second kappa shape index (κ2) is 10.6. The Hall–Kier alpha value is -3.62. The minimum atomic E-state index is 0.160. The molecule has 32 heavy (non-hydrogen) atoms. The topological polar surface area (TPSA) is 65.4 Å². The first kappa shape index (κ1) is 21.6. The van der Waals surface area contributed by atoms with Crippen molar-refractivity contribution in [3.8, 4) is 17.6 Å². The molecule has 0 aliphatic carbocycles. The predicted molar refractivity (Wildman–Crippen MR) is 125 cm³/mol. The van der Waals surface area contributed by atoms with E-state index in [1.165, 1.54) is 5.56 Å². The standard InChI is InChI=1S/C27H27N3O2/c28-19-23-11-5-7-13-26(23)32-25-12-6-4-10-22(25)14-15-27(31)30-17-16-29-20-24(30)18-21-8-2-1-3-9-21/h1-13,24,29H,14-18,20H2/t24-/m1/s1. The molecule has 0 radical (unpaired) electrons. The lowest BCUT2D eigenvalue weighted by molar-refractivity contribution is -0.134. The van der Waals surface area contributed by atoms with Crippen molar-refractivity contribution in [3.63, 3.8) is 0 Å². The van der Waals surface area contributed by atoms with Gasteiger partial charge in [0.2, 0.25) is 5.91 Å². The Kier molecular flexibility index (Phi) is 7.16. The molecule has 5 nitrogen and oxygen atoms in total. The monoisotopic (exact) mass is 425 g/mol. The third kappa shape index (κ3) is 5.35. The van der Waals surface area contributed by atoms with Gasteiger partial charge < -0.3 is 15.0 Å². The summed E-state index contributed by atoms with van der Waals surface area (Å²) in [6, 6.07) is 27.6. The molecule has 3 aromatic carbocycles. The number of nitriles is 1. The van der Waals surface area contributed by atoms with Gasteiger partial charge in [-0.2, -0.15) is 5.26 Å². The van der Waals surface area contributed by atoms with E-state index in [1.54, 1.807) is 12.1 Å². The minimum absolute atomic E-state index is 0.160. The van der Waals surface area contributed by atoms with Crippen molar-refractivity contribution in [1.82, 2.24) is 10.2 Å². The van der Waals surface area contributed by atoms with E-state index in [9.17, 15) is 10.1 Å². The van der Waals surface area contributed by atoms with Gasteiger partial charge >= 0.3 is 0 Å².